The molecule has 0 amide bonds. The molecule has 0 saturated heterocycles. The monoisotopic (exact) mass is 214 g/mol. The van der Waals surface area contributed by atoms with Gasteiger partial charge in [-0.15, -0.1) is 0 Å². The summed E-state index contributed by atoms with van der Waals surface area (Å²) in [6.45, 7) is 9.11. The summed E-state index contributed by atoms with van der Waals surface area (Å²) in [6.07, 6.45) is 3.23. The third-order valence-electron chi connectivity index (χ3n) is 2.47. The minimum absolute atomic E-state index is 0.0647. The second-order valence-corrected chi connectivity index (χ2v) is 4.04. The van der Waals surface area contributed by atoms with Gasteiger partial charge < -0.3 is 9.84 Å². The van der Waals surface area contributed by atoms with Crippen LogP contribution in [0.25, 0.3) is 0 Å². The van der Waals surface area contributed by atoms with E-state index >= 15 is 0 Å². The molecule has 0 heterocycles. The van der Waals surface area contributed by atoms with Crippen LogP contribution in [0.3, 0.4) is 0 Å². The fourth-order valence-electron chi connectivity index (χ4n) is 1.18. The first-order valence-electron chi connectivity index (χ1n) is 5.50. The normalized spacial score (nSPS) is 14.4. The highest BCUT2D eigenvalue weighted by molar-refractivity contribution is 5.86. The van der Waals surface area contributed by atoms with E-state index in [1.807, 2.05) is 6.92 Å². The fourth-order valence-corrected chi connectivity index (χ4v) is 1.18. The van der Waals surface area contributed by atoms with Gasteiger partial charge in [0.1, 0.15) is 6.61 Å². The molecule has 3 nitrogen and oxygen atoms in total. The fraction of sp³-hybridized carbons (Fsp3) is 0.750. The summed E-state index contributed by atoms with van der Waals surface area (Å²) in [5, 5.41) is 10.1. The van der Waals surface area contributed by atoms with Crippen molar-refractivity contribution in [1.29, 1.82) is 0 Å². The van der Waals surface area contributed by atoms with E-state index < -0.39 is 11.6 Å². The van der Waals surface area contributed by atoms with Gasteiger partial charge in [0, 0.05) is 5.57 Å². The van der Waals surface area contributed by atoms with Gasteiger partial charge in [-0.3, -0.25) is 0 Å². The van der Waals surface area contributed by atoms with Crippen LogP contribution >= 0.6 is 0 Å². The van der Waals surface area contributed by atoms with Crippen LogP contribution in [0.15, 0.2) is 12.2 Å². The Hall–Kier alpha value is -0.830. The molecule has 0 spiro atoms. The van der Waals surface area contributed by atoms with Crippen molar-refractivity contribution < 1.29 is 14.6 Å². The van der Waals surface area contributed by atoms with Crippen LogP contribution in [0.1, 0.15) is 46.5 Å². The summed E-state index contributed by atoms with van der Waals surface area (Å²) in [6, 6.07) is 0. The lowest BCUT2D eigenvalue weighted by molar-refractivity contribution is -0.147. The maximum Gasteiger partial charge on any atom is 0.333 e. The topological polar surface area (TPSA) is 46.5 Å². The van der Waals surface area contributed by atoms with Crippen molar-refractivity contribution in [3.63, 3.8) is 0 Å². The molecule has 1 unspecified atom stereocenters. The second kappa shape index (κ2) is 6.62. The number of rotatable bonds is 7. The first kappa shape index (κ1) is 14.2. The van der Waals surface area contributed by atoms with Crippen LogP contribution in [0.5, 0.6) is 0 Å². The lowest BCUT2D eigenvalue weighted by Crippen LogP contribution is -2.34. The Bertz CT molecular complexity index is 223. The van der Waals surface area contributed by atoms with Gasteiger partial charge in [-0.25, -0.2) is 4.79 Å². The molecule has 0 aromatic heterocycles. The van der Waals surface area contributed by atoms with Gasteiger partial charge in [-0.05, 0) is 19.8 Å². The summed E-state index contributed by atoms with van der Waals surface area (Å²) >= 11 is 0. The van der Waals surface area contributed by atoms with Crippen LogP contribution < -0.4 is 0 Å². The minimum atomic E-state index is -0.874. The Kier molecular flexibility index (Phi) is 6.25. The molecule has 0 aromatic rings. The number of esters is 1. The molecule has 15 heavy (non-hydrogen) atoms. The first-order chi connectivity index (χ1) is 6.95. The van der Waals surface area contributed by atoms with Crippen LogP contribution in [0, 0.1) is 0 Å². The van der Waals surface area contributed by atoms with Crippen molar-refractivity contribution in [3.05, 3.63) is 12.2 Å². The number of hydrogen-bond donors (Lipinski definition) is 1. The zero-order chi connectivity index (χ0) is 11.9. The Morgan fingerprint density at radius 3 is 2.47 bits per heavy atom. The van der Waals surface area contributed by atoms with Crippen molar-refractivity contribution in [2.75, 3.05) is 6.61 Å². The molecule has 0 aliphatic carbocycles. The highest BCUT2D eigenvalue weighted by atomic mass is 16.5. The molecule has 0 saturated carbocycles. The summed E-state index contributed by atoms with van der Waals surface area (Å²) < 4.78 is 4.97. The maximum atomic E-state index is 11.1. The summed E-state index contributed by atoms with van der Waals surface area (Å²) in [5.41, 5.74) is -0.509. The van der Waals surface area contributed by atoms with E-state index in [0.29, 0.717) is 18.4 Å². The molecule has 1 N–H and O–H groups in total. The Morgan fingerprint density at radius 1 is 1.47 bits per heavy atom. The van der Waals surface area contributed by atoms with Crippen molar-refractivity contribution >= 4 is 5.97 Å². The molecule has 0 radical (unpaired) electrons. The molecule has 0 aliphatic heterocycles. The molecule has 1 atom stereocenters. The second-order valence-electron chi connectivity index (χ2n) is 4.04. The van der Waals surface area contributed by atoms with E-state index in [2.05, 4.69) is 13.5 Å². The zero-order valence-corrected chi connectivity index (χ0v) is 10.0. The van der Waals surface area contributed by atoms with E-state index in [9.17, 15) is 9.90 Å². The highest BCUT2D eigenvalue weighted by Gasteiger charge is 2.25. The lowest BCUT2D eigenvalue weighted by atomic mass is 9.95. The van der Waals surface area contributed by atoms with Gasteiger partial charge in [0.25, 0.3) is 0 Å². The van der Waals surface area contributed by atoms with E-state index in [-0.39, 0.29) is 6.61 Å². The summed E-state index contributed by atoms with van der Waals surface area (Å²) in [4.78, 5) is 11.1. The third-order valence-corrected chi connectivity index (χ3v) is 2.47. The lowest BCUT2D eigenvalue weighted by Gasteiger charge is -2.26. The molecule has 0 bridgehead atoms. The number of carbonyl (C=O) groups excluding carboxylic acids is 1. The number of unbranched alkanes of at least 4 members (excludes halogenated alkanes) is 1. The number of hydrogen-bond acceptors (Lipinski definition) is 3. The smallest absolute Gasteiger partial charge is 0.333 e. The third kappa shape index (κ3) is 5.57. The number of carbonyl (C=O) groups is 1. The molecule has 0 fully saturated rings. The van der Waals surface area contributed by atoms with Gasteiger partial charge in [0.15, 0.2) is 0 Å². The standard InChI is InChI=1S/C12H22O3/c1-5-7-8-12(14,6-2)9-15-11(13)10(3)4/h14H,3,5-9H2,1-2,4H3. The first-order valence-corrected chi connectivity index (χ1v) is 5.50. The van der Waals surface area contributed by atoms with Gasteiger partial charge >= 0.3 is 5.97 Å². The van der Waals surface area contributed by atoms with Crippen LogP contribution in [-0.4, -0.2) is 23.3 Å². The molecule has 3 heteroatoms. The van der Waals surface area contributed by atoms with Crippen LogP contribution in [-0.2, 0) is 9.53 Å². The van der Waals surface area contributed by atoms with Gasteiger partial charge in [0.2, 0.25) is 0 Å². The van der Waals surface area contributed by atoms with Gasteiger partial charge in [-0.2, -0.15) is 0 Å². The molecule has 0 rings (SSSR count). The van der Waals surface area contributed by atoms with Crippen molar-refractivity contribution in [2.45, 2.75) is 52.1 Å². The summed E-state index contributed by atoms with van der Waals surface area (Å²) in [7, 11) is 0. The highest BCUT2D eigenvalue weighted by Crippen LogP contribution is 2.19. The molecule has 0 aromatic carbocycles. The predicted molar refractivity (Wildman–Crippen MR) is 60.5 cm³/mol. The van der Waals surface area contributed by atoms with Crippen molar-refractivity contribution in [1.82, 2.24) is 0 Å². The SMILES string of the molecule is C=C(C)C(=O)OCC(O)(CC)CCCC. The van der Waals surface area contributed by atoms with Gasteiger partial charge in [-0.1, -0.05) is 33.3 Å². The zero-order valence-electron chi connectivity index (χ0n) is 10.0. The molecule has 0 aliphatic rings. The van der Waals surface area contributed by atoms with Gasteiger partial charge in [0.05, 0.1) is 5.60 Å². The number of aliphatic hydroxyl groups is 1. The maximum absolute atomic E-state index is 11.1. The van der Waals surface area contributed by atoms with E-state index in [4.69, 9.17) is 4.74 Å². The number of ether oxygens (including phenoxy) is 1. The van der Waals surface area contributed by atoms with Crippen LogP contribution in [0.2, 0.25) is 0 Å². The van der Waals surface area contributed by atoms with E-state index in [1.54, 1.807) is 6.92 Å². The quantitative estimate of drug-likeness (QED) is 0.523. The van der Waals surface area contributed by atoms with E-state index in [1.165, 1.54) is 0 Å². The average Bonchev–Trinajstić information content (AvgIpc) is 2.22. The Balaban J connectivity index is 4.08. The molecular formula is C12H22O3. The minimum Gasteiger partial charge on any atom is -0.459 e. The van der Waals surface area contributed by atoms with Crippen molar-refractivity contribution in [3.8, 4) is 0 Å². The van der Waals surface area contributed by atoms with Crippen LogP contribution in [0.4, 0.5) is 0 Å². The molecule has 88 valence electrons. The Morgan fingerprint density at radius 2 is 2.07 bits per heavy atom. The molecular weight excluding hydrogens is 192 g/mol. The largest absolute Gasteiger partial charge is 0.459 e. The Labute approximate surface area is 92.1 Å². The summed E-state index contributed by atoms with van der Waals surface area (Å²) in [5.74, 6) is -0.432. The predicted octanol–water partition coefficient (Wildman–Crippen LogP) is 2.44. The van der Waals surface area contributed by atoms with Crippen molar-refractivity contribution in [2.24, 2.45) is 0 Å². The van der Waals surface area contributed by atoms with E-state index in [0.717, 1.165) is 12.8 Å². The average molecular weight is 214 g/mol.